The lowest BCUT2D eigenvalue weighted by molar-refractivity contribution is -0.395. The molecular weight excluding hydrogens is 1660 g/mol. The summed E-state index contributed by atoms with van der Waals surface area (Å²) in [6, 6.07) is -7.92. The van der Waals surface area contributed by atoms with Crippen LogP contribution in [0.1, 0.15) is 41.5 Å². The first-order chi connectivity index (χ1) is 57.2. The van der Waals surface area contributed by atoms with E-state index in [2.05, 4.69) is 21.3 Å². The fraction of sp³-hybridized carbons (Fsp3) is 0.941. The number of ether oxygens (including phenoxy) is 19. The molecule has 30 N–H and O–H groups in total. The van der Waals surface area contributed by atoms with Crippen LogP contribution in [0.4, 0.5) is 0 Å². The SMILES string of the molecule is CC(=O)N[C@@H]1[C@@H](O[C@@H]2O[C@H](CO)[C@H](O)[C@H](O[C@@H]3O[C@H](CO)[C@@H](O)[C@H](O[C@@H]4O[C@H](CO[C@@H]5O[C@H](CO)[C@@H](O[C@@H]6O[C@H](CO)[C@H](O)[C@H](O)[C@H]6O)[C@H](O[C@@H]6O[C@@H](C)[C@@H](O)[C@@H](O)[C@@H]6O)[C@H]5NC(C)=O)[C@H](O)[C@H](O[C@@H]5O[C@H](CO)[C@@H](O[C@@H]6O[C@@H](C)[C@@H](O)[C@@H](O)[C@@H]6O)[C@H](O[C@@H]6O[C@H](CO)[C@H](O)[C@H](O)[C@H]6O)[C@H]5NC(C)=O)[C@H]4O)[C@H]3NC(C)=O)[C@H]2O)[C@@H](O)[C@@H](CO)O[C@@H]1O. The summed E-state index contributed by atoms with van der Waals surface area (Å²) in [6.45, 7) is -2.94. The summed E-state index contributed by atoms with van der Waals surface area (Å²) in [4.78, 5) is 53.2. The van der Waals surface area contributed by atoms with Crippen LogP contribution in [-0.2, 0) is 109 Å². The number of carbonyl (C=O) groups excluding carboxylic acids is 4. The van der Waals surface area contributed by atoms with E-state index in [0.717, 1.165) is 27.7 Å². The summed E-state index contributed by atoms with van der Waals surface area (Å²) in [5.41, 5.74) is 0. The van der Waals surface area contributed by atoms with E-state index in [4.69, 9.17) is 90.0 Å². The maximum absolute atomic E-state index is 13.7. The second kappa shape index (κ2) is 43.0. The Morgan fingerprint density at radius 1 is 0.231 bits per heavy atom. The Hall–Kier alpha value is -3.92. The summed E-state index contributed by atoms with van der Waals surface area (Å²) in [5, 5.41) is 301. The topological polar surface area (TPSA) is 818 Å². The minimum Gasteiger partial charge on any atom is -0.394 e. The summed E-state index contributed by atoms with van der Waals surface area (Å²) in [6.07, 6.45) is -96.0. The van der Waals surface area contributed by atoms with E-state index in [9.17, 15) is 152 Å². The molecule has 700 valence electrons. The summed E-state index contributed by atoms with van der Waals surface area (Å²) in [7, 11) is 0. The Morgan fingerprint density at radius 3 is 0.843 bits per heavy atom. The number of carbonyl (C=O) groups is 4. The van der Waals surface area contributed by atoms with Crippen LogP contribution in [0.3, 0.4) is 0 Å². The molecule has 0 aliphatic carbocycles. The normalized spacial score (nSPS) is 50.0. The van der Waals surface area contributed by atoms with Gasteiger partial charge in [-0.2, -0.15) is 0 Å². The largest absolute Gasteiger partial charge is 0.394 e. The Kier molecular flexibility index (Phi) is 35.3. The van der Waals surface area contributed by atoms with Crippen molar-refractivity contribution in [2.24, 2.45) is 0 Å². The summed E-state index contributed by atoms with van der Waals surface area (Å²) in [5.74, 6) is -3.93. The monoisotopic (exact) mass is 1770 g/mol. The van der Waals surface area contributed by atoms with Crippen molar-refractivity contribution >= 4 is 23.6 Å². The zero-order valence-corrected chi connectivity index (χ0v) is 65.5. The van der Waals surface area contributed by atoms with Crippen LogP contribution in [-0.4, -0.2) is 516 Å². The molecule has 10 aliphatic rings. The number of rotatable bonds is 30. The molecule has 10 saturated heterocycles. The third-order valence-corrected chi connectivity index (χ3v) is 22.4. The van der Waals surface area contributed by atoms with Crippen LogP contribution >= 0.6 is 0 Å². The fourth-order valence-electron chi connectivity index (χ4n) is 15.8. The molecule has 4 amide bonds. The lowest BCUT2D eigenvalue weighted by atomic mass is 9.93. The van der Waals surface area contributed by atoms with Crippen LogP contribution in [0.15, 0.2) is 0 Å². The van der Waals surface area contributed by atoms with Crippen molar-refractivity contribution in [1.82, 2.24) is 21.3 Å². The highest BCUT2D eigenvalue weighted by atomic mass is 16.8. The quantitative estimate of drug-likeness (QED) is 0.0318. The molecular formula is C68H114N4O49. The first-order valence-electron chi connectivity index (χ1n) is 38.9. The second-order valence-corrected chi connectivity index (χ2v) is 30.9. The Balaban J connectivity index is 1.05. The number of hydrogen-bond donors (Lipinski definition) is 30. The van der Waals surface area contributed by atoms with Gasteiger partial charge in [-0.1, -0.05) is 0 Å². The van der Waals surface area contributed by atoms with Gasteiger partial charge in [0.05, 0.1) is 65.1 Å². The molecule has 10 heterocycles. The third kappa shape index (κ3) is 21.8. The van der Waals surface area contributed by atoms with Gasteiger partial charge >= 0.3 is 0 Å². The lowest BCUT2D eigenvalue weighted by Crippen LogP contribution is -2.72. The standard InChI is InChI=1S/C68H114N4O49/c1-15-33(84)41(92)45(96)63(104-15)114-52-27(13-79)112-62(32(72-20(6)83)56(52)119-66-48(99)44(95)36(87)22(8-74)109-66)121-58-40(91)28(14-103-60-31(71-19(5)82)55(118-64-46(97)42(93)34(85)16(2)105-64)51(26(12-78)111-60)115-65-47(98)43(94)35(86)21(7-73)108-65)113-68(50(58)101)117-54-30(70-18(4)81)61(107-24(10-76)38(54)89)120-57-39(90)25(11-77)110-67(49(57)100)116-53-29(69-17(3)80)59(102)106-23(9-75)37(53)88/h15-16,21-68,73-79,84-102H,7-14H2,1-6H3,(H,69,80)(H,70,81)(H,71,82)(H,72,83)/t15-,16-,21+,22+,23+,24+,25+,26+,27+,28+,29+,30+,31+,32+,33+,34+,35-,36-,37-,38+,39-,40-,41+,42+,43-,44-,45-,46-,47+,48+,49+,50+,51+,52+,53+,54+,55+,56+,57-,58-,59-,60+,61-,62-,63-,64-,65-,66-,67-,68-/m0/s1. The molecule has 50 atom stereocenters. The van der Waals surface area contributed by atoms with Gasteiger partial charge in [-0.3, -0.25) is 19.2 Å². The zero-order valence-electron chi connectivity index (χ0n) is 65.5. The maximum Gasteiger partial charge on any atom is 0.217 e. The molecule has 0 aromatic carbocycles. The van der Waals surface area contributed by atoms with Crippen LogP contribution in [0.5, 0.6) is 0 Å². The minimum atomic E-state index is -2.67. The molecule has 0 aromatic rings. The van der Waals surface area contributed by atoms with Gasteiger partial charge in [-0.25, -0.2) is 0 Å². The van der Waals surface area contributed by atoms with Gasteiger partial charge < -0.3 is 244 Å². The Bertz CT molecular complexity index is 3270. The van der Waals surface area contributed by atoms with Crippen molar-refractivity contribution in [2.75, 3.05) is 52.9 Å². The van der Waals surface area contributed by atoms with Crippen molar-refractivity contribution < 1.29 is 242 Å². The van der Waals surface area contributed by atoms with Gasteiger partial charge in [0.25, 0.3) is 0 Å². The van der Waals surface area contributed by atoms with E-state index in [1.54, 1.807) is 0 Å². The molecule has 0 unspecified atom stereocenters. The fourth-order valence-corrected chi connectivity index (χ4v) is 15.8. The van der Waals surface area contributed by atoms with Gasteiger partial charge in [0.2, 0.25) is 23.6 Å². The van der Waals surface area contributed by atoms with Gasteiger partial charge in [0, 0.05) is 27.7 Å². The van der Waals surface area contributed by atoms with E-state index in [-0.39, 0.29) is 0 Å². The second-order valence-electron chi connectivity index (χ2n) is 30.9. The highest BCUT2D eigenvalue weighted by Gasteiger charge is 2.62. The summed E-state index contributed by atoms with van der Waals surface area (Å²) < 4.78 is 115. The number of amides is 4. The van der Waals surface area contributed by atoms with Crippen LogP contribution in [0.25, 0.3) is 0 Å². The molecule has 53 heteroatoms. The Morgan fingerprint density at radius 2 is 0.471 bits per heavy atom. The van der Waals surface area contributed by atoms with Crippen LogP contribution < -0.4 is 21.3 Å². The molecule has 0 saturated carbocycles. The molecule has 10 rings (SSSR count). The third-order valence-electron chi connectivity index (χ3n) is 22.4. The first-order valence-corrected chi connectivity index (χ1v) is 38.9. The van der Waals surface area contributed by atoms with Crippen molar-refractivity contribution in [3.8, 4) is 0 Å². The van der Waals surface area contributed by atoms with Crippen molar-refractivity contribution in [2.45, 2.75) is 348 Å². The molecule has 53 nitrogen and oxygen atoms in total. The molecule has 0 radical (unpaired) electrons. The highest BCUT2D eigenvalue weighted by Crippen LogP contribution is 2.42. The number of hydrogen-bond acceptors (Lipinski definition) is 49. The molecule has 0 spiro atoms. The van der Waals surface area contributed by atoms with Crippen LogP contribution in [0.2, 0.25) is 0 Å². The number of nitrogens with one attached hydrogen (secondary N) is 4. The van der Waals surface area contributed by atoms with Crippen LogP contribution in [0, 0.1) is 0 Å². The minimum absolute atomic E-state index is 0.828. The maximum atomic E-state index is 13.7. The van der Waals surface area contributed by atoms with E-state index in [1.807, 2.05) is 0 Å². The summed E-state index contributed by atoms with van der Waals surface area (Å²) >= 11 is 0. The molecule has 121 heavy (non-hydrogen) atoms. The van der Waals surface area contributed by atoms with E-state index < -0.39 is 383 Å². The first kappa shape index (κ1) is 99.2. The number of aliphatic hydroxyl groups is 26. The molecule has 10 aliphatic heterocycles. The van der Waals surface area contributed by atoms with Gasteiger partial charge in [0.15, 0.2) is 62.9 Å². The predicted octanol–water partition coefficient (Wildman–Crippen LogP) is -20.2. The lowest BCUT2D eigenvalue weighted by Gasteiger charge is -2.52. The smallest absolute Gasteiger partial charge is 0.217 e. The highest BCUT2D eigenvalue weighted by molar-refractivity contribution is 5.74. The van der Waals surface area contributed by atoms with E-state index in [0.29, 0.717) is 0 Å². The van der Waals surface area contributed by atoms with Crippen molar-refractivity contribution in [3.05, 3.63) is 0 Å². The van der Waals surface area contributed by atoms with Crippen molar-refractivity contribution in [3.63, 3.8) is 0 Å². The van der Waals surface area contributed by atoms with Gasteiger partial charge in [0.1, 0.15) is 232 Å². The van der Waals surface area contributed by atoms with E-state index >= 15 is 0 Å². The number of aliphatic hydroxyl groups excluding tert-OH is 26. The zero-order chi connectivity index (χ0) is 89.1. The average molecular weight is 1770 g/mol. The molecule has 10 fully saturated rings. The van der Waals surface area contributed by atoms with Gasteiger partial charge in [-0.15, -0.1) is 0 Å². The van der Waals surface area contributed by atoms with E-state index in [1.165, 1.54) is 13.8 Å². The molecule has 0 bridgehead atoms. The molecule has 0 aromatic heterocycles. The van der Waals surface area contributed by atoms with Crippen molar-refractivity contribution in [1.29, 1.82) is 0 Å². The Labute approximate surface area is 686 Å². The predicted molar refractivity (Wildman–Crippen MR) is 373 cm³/mol. The average Bonchev–Trinajstić information content (AvgIpc) is 0.767. The van der Waals surface area contributed by atoms with Gasteiger partial charge in [-0.05, 0) is 13.8 Å².